The van der Waals surface area contributed by atoms with Crippen LogP contribution in [0.3, 0.4) is 0 Å². The van der Waals surface area contributed by atoms with Crippen molar-refractivity contribution >= 4 is 56.3 Å². The van der Waals surface area contributed by atoms with Crippen LogP contribution in [0.2, 0.25) is 0 Å². The van der Waals surface area contributed by atoms with Gasteiger partial charge in [-0.25, -0.2) is 19.6 Å². The van der Waals surface area contributed by atoms with Crippen LogP contribution in [0.5, 0.6) is 11.5 Å². The van der Waals surface area contributed by atoms with E-state index in [-0.39, 0.29) is 28.7 Å². The van der Waals surface area contributed by atoms with Crippen molar-refractivity contribution in [1.29, 1.82) is 0 Å². The van der Waals surface area contributed by atoms with E-state index >= 15 is 0 Å². The van der Waals surface area contributed by atoms with Gasteiger partial charge >= 0.3 is 0 Å². The van der Waals surface area contributed by atoms with Gasteiger partial charge in [0.15, 0.2) is 0 Å². The average molecular weight is 719 g/mol. The van der Waals surface area contributed by atoms with Crippen molar-refractivity contribution in [3.8, 4) is 11.5 Å². The Bertz CT molecular complexity index is 2070. The first kappa shape index (κ1) is 36.9. The van der Waals surface area contributed by atoms with Gasteiger partial charge in [-0.05, 0) is 81.3 Å². The number of allylic oxidation sites excluding steroid dienone is 1. The number of benzene rings is 3. The fourth-order valence-electron chi connectivity index (χ4n) is 5.76. The minimum atomic E-state index is -4.08. The molecule has 51 heavy (non-hydrogen) atoms. The Labute approximate surface area is 296 Å². The van der Waals surface area contributed by atoms with E-state index in [0.29, 0.717) is 46.9 Å². The molecule has 1 aliphatic rings. The van der Waals surface area contributed by atoms with Crippen LogP contribution in [-0.2, 0) is 15.0 Å². The first-order valence-electron chi connectivity index (χ1n) is 16.3. The smallest absolute Gasteiger partial charge is 0.298 e. The SMILES string of the molecule is COc1cc(C(=O)N(C)c2ccc(C)cc2OCCCCC(=C=O)N2CCN(C)CC2)ccc1NC(=O)c1cccc2[nH]c(NS(N)(=O)=O)nc12. The molecule has 1 fully saturated rings. The molecule has 0 atom stereocenters. The molecule has 1 aliphatic heterocycles. The number of aromatic amines is 1. The van der Waals surface area contributed by atoms with Crippen molar-refractivity contribution in [3.63, 3.8) is 0 Å². The highest BCUT2D eigenvalue weighted by Crippen LogP contribution is 2.32. The summed E-state index contributed by atoms with van der Waals surface area (Å²) in [5, 5.41) is 7.83. The molecular formula is C35H42N8O7S. The molecule has 15 nitrogen and oxygen atoms in total. The van der Waals surface area contributed by atoms with Gasteiger partial charge in [-0.3, -0.25) is 9.59 Å². The molecule has 1 saturated heterocycles. The first-order valence-corrected chi connectivity index (χ1v) is 17.9. The monoisotopic (exact) mass is 718 g/mol. The maximum absolute atomic E-state index is 13.7. The van der Waals surface area contributed by atoms with E-state index in [2.05, 4.69) is 42.8 Å². The number of unbranched alkanes of at least 4 members (excludes halogenated alkanes) is 1. The predicted molar refractivity (Wildman–Crippen MR) is 195 cm³/mol. The third-order valence-corrected chi connectivity index (χ3v) is 9.02. The summed E-state index contributed by atoms with van der Waals surface area (Å²) in [5.74, 6) is 1.93. The standard InChI is InChI=1S/C35H42N8O7S/c1-23-11-14-29(31(20-23)50-19-6-5-8-25(22-44)43-17-15-41(2)16-18-43)42(3)34(46)24-12-13-27(30(21-24)49-4)37-33(45)26-9-7-10-28-32(26)39-35(38-28)40-51(36,47)48/h7,9-14,20-21H,5-6,8,15-19H2,1-4H3,(H,37,45)(H2,36,47,48)(H2,38,39,40). The van der Waals surface area contributed by atoms with Crippen LogP contribution in [0.4, 0.5) is 17.3 Å². The number of fused-ring (bicyclic) bond motifs is 1. The van der Waals surface area contributed by atoms with E-state index in [4.69, 9.17) is 14.6 Å². The summed E-state index contributed by atoms with van der Waals surface area (Å²) in [6.45, 7) is 5.83. The maximum atomic E-state index is 13.7. The number of amides is 2. The summed E-state index contributed by atoms with van der Waals surface area (Å²) in [4.78, 5) is 51.4. The normalized spacial score (nSPS) is 13.4. The summed E-state index contributed by atoms with van der Waals surface area (Å²) in [6, 6.07) is 15.1. The number of imidazole rings is 1. The van der Waals surface area contributed by atoms with Gasteiger partial charge in [0.05, 0.1) is 41.9 Å². The number of ether oxygens (including phenoxy) is 2. The molecule has 5 rings (SSSR count). The Morgan fingerprint density at radius 2 is 1.82 bits per heavy atom. The van der Waals surface area contributed by atoms with Crippen LogP contribution in [0.25, 0.3) is 11.0 Å². The zero-order valence-electron chi connectivity index (χ0n) is 29.0. The Hall–Kier alpha value is -5.41. The third kappa shape index (κ3) is 9.23. The van der Waals surface area contributed by atoms with E-state index in [0.717, 1.165) is 44.6 Å². The van der Waals surface area contributed by atoms with Gasteiger partial charge < -0.3 is 34.5 Å². The van der Waals surface area contributed by atoms with Crippen LogP contribution in [-0.4, -0.2) is 99.9 Å². The highest BCUT2D eigenvalue weighted by atomic mass is 32.2. The number of nitrogens with zero attached hydrogens (tertiary/aromatic N) is 4. The van der Waals surface area contributed by atoms with Crippen molar-refractivity contribution in [2.24, 2.45) is 5.14 Å². The van der Waals surface area contributed by atoms with Gasteiger partial charge in [-0.1, -0.05) is 12.1 Å². The first-order chi connectivity index (χ1) is 24.4. The lowest BCUT2D eigenvalue weighted by Gasteiger charge is -2.34. The average Bonchev–Trinajstić information content (AvgIpc) is 3.51. The molecule has 0 aliphatic carbocycles. The number of methoxy groups -OCH3 is 1. The summed E-state index contributed by atoms with van der Waals surface area (Å²) in [7, 11) is 1.07. The van der Waals surface area contributed by atoms with Crippen molar-refractivity contribution in [3.05, 3.63) is 77.0 Å². The van der Waals surface area contributed by atoms with Crippen LogP contribution in [0, 0.1) is 6.92 Å². The molecule has 0 radical (unpaired) electrons. The lowest BCUT2D eigenvalue weighted by atomic mass is 10.1. The number of anilines is 3. The number of aromatic nitrogens is 2. The maximum Gasteiger partial charge on any atom is 0.298 e. The fraction of sp³-hybridized carbons (Fsp3) is 0.343. The number of piperazine rings is 1. The molecule has 0 spiro atoms. The molecule has 270 valence electrons. The second kappa shape index (κ2) is 16.1. The number of aryl methyl sites for hydroxylation is 1. The second-order valence-electron chi connectivity index (χ2n) is 12.3. The summed E-state index contributed by atoms with van der Waals surface area (Å²) >= 11 is 0. The molecule has 2 amide bonds. The highest BCUT2D eigenvalue weighted by molar-refractivity contribution is 7.90. The molecule has 3 aromatic carbocycles. The van der Waals surface area contributed by atoms with Gasteiger partial charge in [0.25, 0.3) is 22.0 Å². The largest absolute Gasteiger partial charge is 0.495 e. The van der Waals surface area contributed by atoms with E-state index in [9.17, 15) is 22.8 Å². The molecule has 0 bridgehead atoms. The number of nitrogens with one attached hydrogen (secondary N) is 3. The number of carbonyl (C=O) groups excluding carboxylic acids is 3. The van der Waals surface area contributed by atoms with Crippen molar-refractivity contribution in [2.45, 2.75) is 26.2 Å². The molecule has 4 aromatic rings. The number of hydrogen-bond donors (Lipinski definition) is 4. The number of hydrogen-bond acceptors (Lipinski definition) is 10. The van der Waals surface area contributed by atoms with Crippen molar-refractivity contribution in [2.75, 3.05) is 68.9 Å². The fourth-order valence-corrected chi connectivity index (χ4v) is 6.13. The number of rotatable bonds is 14. The van der Waals surface area contributed by atoms with Crippen LogP contribution >= 0.6 is 0 Å². The summed E-state index contributed by atoms with van der Waals surface area (Å²) in [6.07, 6.45) is 2.12. The van der Waals surface area contributed by atoms with Crippen LogP contribution in [0.15, 0.2) is 60.3 Å². The Kier molecular flexibility index (Phi) is 11.6. The van der Waals surface area contributed by atoms with Gasteiger partial charge in [-0.15, -0.1) is 0 Å². The molecule has 0 saturated carbocycles. The van der Waals surface area contributed by atoms with Gasteiger partial charge in [-0.2, -0.15) is 8.42 Å². The van der Waals surface area contributed by atoms with Crippen molar-refractivity contribution < 1.29 is 32.3 Å². The van der Waals surface area contributed by atoms with Gasteiger partial charge in [0.1, 0.15) is 23.0 Å². The Morgan fingerprint density at radius 3 is 2.53 bits per heavy atom. The molecule has 0 unspecified atom stereocenters. The minimum absolute atomic E-state index is 0.137. The topological polar surface area (TPSA) is 192 Å². The van der Waals surface area contributed by atoms with E-state index < -0.39 is 16.1 Å². The zero-order valence-corrected chi connectivity index (χ0v) is 29.8. The van der Waals surface area contributed by atoms with E-state index in [1.54, 1.807) is 31.3 Å². The lowest BCUT2D eigenvalue weighted by molar-refractivity contribution is 0.0990. The second-order valence-corrected chi connectivity index (χ2v) is 13.6. The van der Waals surface area contributed by atoms with E-state index in [1.807, 2.05) is 25.1 Å². The van der Waals surface area contributed by atoms with Crippen molar-refractivity contribution in [1.82, 2.24) is 19.8 Å². The van der Waals surface area contributed by atoms with Crippen LogP contribution < -0.4 is 29.6 Å². The van der Waals surface area contributed by atoms with E-state index in [1.165, 1.54) is 24.1 Å². The predicted octanol–water partition coefficient (Wildman–Crippen LogP) is 3.54. The zero-order chi connectivity index (χ0) is 36.7. The number of nitrogens with two attached hydrogens (primary N) is 1. The van der Waals surface area contributed by atoms with Gasteiger partial charge in [0, 0.05) is 38.8 Å². The Morgan fingerprint density at radius 1 is 1.06 bits per heavy atom. The minimum Gasteiger partial charge on any atom is -0.495 e. The highest BCUT2D eigenvalue weighted by Gasteiger charge is 2.22. The number of H-pyrrole nitrogens is 1. The Balaban J connectivity index is 1.24. The molecule has 1 aromatic heterocycles. The quantitative estimate of drug-likeness (QED) is 0.111. The molecule has 5 N–H and O–H groups in total. The number of para-hydroxylation sites is 1. The molecular weight excluding hydrogens is 677 g/mol. The number of carbonyl (C=O) groups is 2. The summed E-state index contributed by atoms with van der Waals surface area (Å²) in [5.41, 5.74) is 3.66. The molecule has 2 heterocycles. The third-order valence-electron chi connectivity index (χ3n) is 8.54. The summed E-state index contributed by atoms with van der Waals surface area (Å²) < 4.78 is 36.6. The molecule has 16 heteroatoms. The van der Waals surface area contributed by atoms with Crippen LogP contribution in [0.1, 0.15) is 45.5 Å². The van der Waals surface area contributed by atoms with Gasteiger partial charge in [0.2, 0.25) is 5.95 Å². The number of likely N-dealkylation sites (N-methyl/N-ethyl adjacent to an activating group) is 1. The lowest BCUT2D eigenvalue weighted by Crippen LogP contribution is -2.44.